The SMILES string of the molecule is CCNC(=NCCS(C)(=O)=O)NCCc1c[nH]c2cc(F)ccc12.I. The van der Waals surface area contributed by atoms with Crippen LogP contribution in [0.2, 0.25) is 0 Å². The predicted octanol–water partition coefficient (Wildman–Crippen LogP) is 2.07. The van der Waals surface area contributed by atoms with Crippen molar-refractivity contribution in [1.29, 1.82) is 0 Å². The Morgan fingerprint density at radius 2 is 2.08 bits per heavy atom. The molecule has 2 aromatic rings. The summed E-state index contributed by atoms with van der Waals surface area (Å²) in [6, 6.07) is 4.69. The average molecular weight is 482 g/mol. The lowest BCUT2D eigenvalue weighted by atomic mass is 10.1. The monoisotopic (exact) mass is 482 g/mol. The van der Waals surface area contributed by atoms with Crippen molar-refractivity contribution in [3.63, 3.8) is 0 Å². The Bertz CT molecular complexity index is 821. The van der Waals surface area contributed by atoms with Crippen LogP contribution in [0.4, 0.5) is 4.39 Å². The predicted molar refractivity (Wildman–Crippen MR) is 111 cm³/mol. The molecule has 140 valence electrons. The number of sulfone groups is 1. The van der Waals surface area contributed by atoms with Crippen molar-refractivity contribution in [3.05, 3.63) is 35.8 Å². The van der Waals surface area contributed by atoms with E-state index in [1.54, 1.807) is 6.07 Å². The zero-order valence-corrected chi connectivity index (χ0v) is 17.4. The lowest BCUT2D eigenvalue weighted by Crippen LogP contribution is -2.38. The molecule has 6 nitrogen and oxygen atoms in total. The van der Waals surface area contributed by atoms with E-state index >= 15 is 0 Å². The van der Waals surface area contributed by atoms with E-state index in [0.717, 1.165) is 22.9 Å². The van der Waals surface area contributed by atoms with Crippen molar-refractivity contribution in [2.75, 3.05) is 31.6 Å². The molecule has 1 aromatic heterocycles. The smallest absolute Gasteiger partial charge is 0.191 e. The highest BCUT2D eigenvalue weighted by molar-refractivity contribution is 14.0. The van der Waals surface area contributed by atoms with Gasteiger partial charge in [0.2, 0.25) is 0 Å². The molecular formula is C16H24FIN4O2S. The van der Waals surface area contributed by atoms with E-state index in [2.05, 4.69) is 20.6 Å². The first-order valence-corrected chi connectivity index (χ1v) is 9.90. The third-order valence-electron chi connectivity index (χ3n) is 3.49. The minimum Gasteiger partial charge on any atom is -0.361 e. The number of H-pyrrole nitrogens is 1. The fourth-order valence-electron chi connectivity index (χ4n) is 2.35. The van der Waals surface area contributed by atoms with Crippen molar-refractivity contribution in [1.82, 2.24) is 15.6 Å². The van der Waals surface area contributed by atoms with E-state index < -0.39 is 9.84 Å². The molecule has 0 unspecified atom stereocenters. The van der Waals surface area contributed by atoms with E-state index in [-0.39, 0.29) is 42.1 Å². The van der Waals surface area contributed by atoms with Gasteiger partial charge in [0, 0.05) is 36.4 Å². The molecule has 0 spiro atoms. The first kappa shape index (κ1) is 21.7. The van der Waals surface area contributed by atoms with Gasteiger partial charge in [-0.3, -0.25) is 4.99 Å². The van der Waals surface area contributed by atoms with Gasteiger partial charge in [-0.1, -0.05) is 0 Å². The van der Waals surface area contributed by atoms with Crippen LogP contribution in [0.25, 0.3) is 10.9 Å². The fraction of sp³-hybridized carbons (Fsp3) is 0.438. The molecule has 0 radical (unpaired) electrons. The molecule has 0 bridgehead atoms. The van der Waals surface area contributed by atoms with Crippen molar-refractivity contribution in [2.24, 2.45) is 4.99 Å². The topological polar surface area (TPSA) is 86.3 Å². The van der Waals surface area contributed by atoms with Crippen LogP contribution in [-0.4, -0.2) is 51.0 Å². The molecule has 0 atom stereocenters. The Hall–Kier alpha value is -1.36. The van der Waals surface area contributed by atoms with Crippen LogP contribution in [-0.2, 0) is 16.3 Å². The average Bonchev–Trinajstić information content (AvgIpc) is 2.88. The molecule has 25 heavy (non-hydrogen) atoms. The van der Waals surface area contributed by atoms with Gasteiger partial charge in [0.15, 0.2) is 5.96 Å². The largest absolute Gasteiger partial charge is 0.361 e. The number of guanidine groups is 1. The molecule has 0 aliphatic rings. The standard InChI is InChI=1S/C16H23FN4O2S.HI/c1-3-18-16(20-8-9-24(2,22)23)19-7-6-12-11-21-15-10-13(17)4-5-14(12)15;/h4-5,10-11,21H,3,6-9H2,1-2H3,(H2,18,19,20);1H. The minimum absolute atomic E-state index is 0. The zero-order valence-electron chi connectivity index (χ0n) is 14.3. The van der Waals surface area contributed by atoms with E-state index in [1.807, 2.05) is 13.1 Å². The highest BCUT2D eigenvalue weighted by atomic mass is 127. The lowest BCUT2D eigenvalue weighted by Gasteiger charge is -2.11. The summed E-state index contributed by atoms with van der Waals surface area (Å²) in [5.41, 5.74) is 1.86. The molecule has 0 fully saturated rings. The van der Waals surface area contributed by atoms with Gasteiger partial charge in [-0.15, -0.1) is 24.0 Å². The first-order valence-electron chi connectivity index (χ1n) is 7.84. The molecule has 2 rings (SSSR count). The second-order valence-corrected chi connectivity index (χ2v) is 7.83. The summed E-state index contributed by atoms with van der Waals surface area (Å²) in [7, 11) is -3.02. The molecule has 1 aromatic carbocycles. The van der Waals surface area contributed by atoms with Crippen molar-refractivity contribution >= 4 is 50.7 Å². The number of benzene rings is 1. The maximum absolute atomic E-state index is 13.2. The maximum atomic E-state index is 13.2. The number of fused-ring (bicyclic) bond motifs is 1. The van der Waals surface area contributed by atoms with E-state index in [0.29, 0.717) is 19.0 Å². The summed E-state index contributed by atoms with van der Waals surface area (Å²) in [6.07, 6.45) is 3.81. The molecule has 3 N–H and O–H groups in total. The number of aromatic nitrogens is 1. The summed E-state index contributed by atoms with van der Waals surface area (Å²) in [6.45, 7) is 3.49. The Balaban J connectivity index is 0.00000312. The van der Waals surface area contributed by atoms with Gasteiger partial charge in [-0.05, 0) is 37.1 Å². The normalized spacial score (nSPS) is 12.0. The third kappa shape index (κ3) is 7.18. The van der Waals surface area contributed by atoms with Crippen molar-refractivity contribution in [3.8, 4) is 0 Å². The van der Waals surface area contributed by atoms with Crippen molar-refractivity contribution < 1.29 is 12.8 Å². The molecule has 1 heterocycles. The van der Waals surface area contributed by atoms with Gasteiger partial charge < -0.3 is 15.6 Å². The van der Waals surface area contributed by atoms with Gasteiger partial charge in [-0.2, -0.15) is 0 Å². The van der Waals surface area contributed by atoms with E-state index in [9.17, 15) is 12.8 Å². The molecule has 0 saturated heterocycles. The quantitative estimate of drug-likeness (QED) is 0.321. The van der Waals surface area contributed by atoms with Gasteiger partial charge >= 0.3 is 0 Å². The Morgan fingerprint density at radius 1 is 1.32 bits per heavy atom. The number of nitrogens with one attached hydrogen (secondary N) is 3. The fourth-order valence-corrected chi connectivity index (χ4v) is 2.77. The number of aromatic amines is 1. The molecular weight excluding hydrogens is 458 g/mol. The minimum atomic E-state index is -3.02. The van der Waals surface area contributed by atoms with Crippen LogP contribution in [0.1, 0.15) is 12.5 Å². The Labute approximate surface area is 164 Å². The summed E-state index contributed by atoms with van der Waals surface area (Å²) < 4.78 is 35.5. The summed E-state index contributed by atoms with van der Waals surface area (Å²) in [4.78, 5) is 7.31. The number of nitrogens with zero attached hydrogens (tertiary/aromatic N) is 1. The molecule has 0 saturated carbocycles. The van der Waals surface area contributed by atoms with E-state index in [1.165, 1.54) is 18.4 Å². The second-order valence-electron chi connectivity index (χ2n) is 5.57. The summed E-state index contributed by atoms with van der Waals surface area (Å²) in [5, 5.41) is 7.26. The van der Waals surface area contributed by atoms with Crippen molar-refractivity contribution in [2.45, 2.75) is 13.3 Å². The second kappa shape index (κ2) is 9.95. The maximum Gasteiger partial charge on any atom is 0.191 e. The van der Waals surface area contributed by atoms with Gasteiger partial charge in [0.1, 0.15) is 15.7 Å². The number of hydrogen-bond donors (Lipinski definition) is 3. The first-order chi connectivity index (χ1) is 11.4. The Kier molecular flexibility index (Phi) is 8.63. The zero-order chi connectivity index (χ0) is 17.6. The number of hydrogen-bond acceptors (Lipinski definition) is 3. The van der Waals surface area contributed by atoms with Crippen LogP contribution >= 0.6 is 24.0 Å². The molecule has 0 amide bonds. The van der Waals surface area contributed by atoms with Gasteiger partial charge in [-0.25, -0.2) is 12.8 Å². The third-order valence-corrected chi connectivity index (χ3v) is 4.42. The Morgan fingerprint density at radius 3 is 2.76 bits per heavy atom. The van der Waals surface area contributed by atoms with Gasteiger partial charge in [0.25, 0.3) is 0 Å². The van der Waals surface area contributed by atoms with Crippen LogP contribution in [0.15, 0.2) is 29.4 Å². The molecule has 9 heteroatoms. The number of halogens is 2. The van der Waals surface area contributed by atoms with Crippen LogP contribution in [0.3, 0.4) is 0 Å². The highest BCUT2D eigenvalue weighted by Gasteiger charge is 2.06. The van der Waals surface area contributed by atoms with Crippen LogP contribution in [0.5, 0.6) is 0 Å². The summed E-state index contributed by atoms with van der Waals surface area (Å²) in [5.74, 6) is 0.353. The van der Waals surface area contributed by atoms with Crippen LogP contribution < -0.4 is 10.6 Å². The molecule has 0 aliphatic heterocycles. The van der Waals surface area contributed by atoms with E-state index in [4.69, 9.17) is 0 Å². The molecule has 0 aliphatic carbocycles. The lowest BCUT2D eigenvalue weighted by molar-refractivity contribution is 0.601. The highest BCUT2D eigenvalue weighted by Crippen LogP contribution is 2.19. The van der Waals surface area contributed by atoms with Crippen LogP contribution in [0, 0.1) is 5.82 Å². The summed E-state index contributed by atoms with van der Waals surface area (Å²) >= 11 is 0. The number of aliphatic imine (C=N–C) groups is 1. The van der Waals surface area contributed by atoms with Gasteiger partial charge in [0.05, 0.1) is 12.3 Å². The number of rotatable bonds is 7.